The third kappa shape index (κ3) is 3.17. The zero-order valence-electron chi connectivity index (χ0n) is 11.2. The Labute approximate surface area is 125 Å². The molecule has 0 amide bonds. The first-order valence-corrected chi connectivity index (χ1v) is 7.22. The van der Waals surface area contributed by atoms with Gasteiger partial charge in [0, 0.05) is 17.0 Å². The van der Waals surface area contributed by atoms with E-state index in [1.54, 1.807) is 12.1 Å². The van der Waals surface area contributed by atoms with E-state index in [1.165, 1.54) is 11.6 Å². The molecular weight excluding hydrogens is 322 g/mol. The molecule has 20 heavy (non-hydrogen) atoms. The quantitative estimate of drug-likeness (QED) is 0.453. The van der Waals surface area contributed by atoms with E-state index in [0.29, 0.717) is 16.6 Å². The lowest BCUT2D eigenvalue weighted by Gasteiger charge is -2.09. The number of hydrogen-bond acceptors (Lipinski definition) is 3. The topological polar surface area (TPSA) is 52.4 Å². The van der Waals surface area contributed by atoms with E-state index in [0.717, 1.165) is 11.3 Å². The number of nitro benzene ring substituents is 1. The lowest BCUT2D eigenvalue weighted by Crippen LogP contribution is -1.94. The van der Waals surface area contributed by atoms with Gasteiger partial charge < -0.3 is 4.74 Å². The van der Waals surface area contributed by atoms with Crippen LogP contribution in [0.3, 0.4) is 0 Å². The molecule has 5 heteroatoms. The van der Waals surface area contributed by atoms with Crippen molar-refractivity contribution in [1.29, 1.82) is 0 Å². The number of nitro groups is 1. The van der Waals surface area contributed by atoms with Crippen molar-refractivity contribution >= 4 is 21.6 Å². The number of hydrogen-bond donors (Lipinski definition) is 0. The van der Waals surface area contributed by atoms with Gasteiger partial charge in [-0.25, -0.2) is 0 Å². The number of alkyl halides is 1. The number of halogens is 1. The molecule has 0 aliphatic carbocycles. The Kier molecular flexibility index (Phi) is 4.39. The molecule has 0 saturated heterocycles. The summed E-state index contributed by atoms with van der Waals surface area (Å²) in [5, 5.41) is 11.3. The minimum Gasteiger partial charge on any atom is -0.457 e. The number of ether oxygens (including phenoxy) is 1. The van der Waals surface area contributed by atoms with Crippen molar-refractivity contribution in [2.24, 2.45) is 0 Å². The number of rotatable bonds is 4. The van der Waals surface area contributed by atoms with E-state index in [9.17, 15) is 10.1 Å². The third-order valence-corrected chi connectivity index (χ3v) is 3.71. The molecule has 0 bridgehead atoms. The van der Waals surface area contributed by atoms with E-state index in [2.05, 4.69) is 15.9 Å². The zero-order valence-corrected chi connectivity index (χ0v) is 12.8. The Morgan fingerprint density at radius 3 is 2.35 bits per heavy atom. The smallest absolute Gasteiger partial charge is 0.273 e. The molecule has 4 nitrogen and oxygen atoms in total. The molecule has 0 aliphatic rings. The van der Waals surface area contributed by atoms with Gasteiger partial charge in [-0.05, 0) is 49.2 Å². The molecule has 0 unspecified atom stereocenters. The molecule has 0 N–H and O–H groups in total. The maximum Gasteiger partial charge on any atom is 0.273 e. The van der Waals surface area contributed by atoms with Crippen LogP contribution in [0.2, 0.25) is 0 Å². The summed E-state index contributed by atoms with van der Waals surface area (Å²) >= 11 is 3.26. The molecule has 0 atom stereocenters. The summed E-state index contributed by atoms with van der Waals surface area (Å²) in [5.74, 6) is 1.32. The maximum absolute atomic E-state index is 10.9. The lowest BCUT2D eigenvalue weighted by molar-refractivity contribution is -0.385. The van der Waals surface area contributed by atoms with Gasteiger partial charge in [0.2, 0.25) is 0 Å². The molecule has 0 fully saturated rings. The summed E-state index contributed by atoms with van der Waals surface area (Å²) in [4.78, 5) is 10.5. The molecule has 0 spiro atoms. The normalized spacial score (nSPS) is 10.3. The van der Waals surface area contributed by atoms with Gasteiger partial charge in [-0.1, -0.05) is 22.0 Å². The van der Waals surface area contributed by atoms with Crippen LogP contribution >= 0.6 is 15.9 Å². The zero-order chi connectivity index (χ0) is 14.7. The van der Waals surface area contributed by atoms with Gasteiger partial charge in [-0.3, -0.25) is 10.1 Å². The minimum absolute atomic E-state index is 0.0920. The highest BCUT2D eigenvalue weighted by molar-refractivity contribution is 9.08. The highest BCUT2D eigenvalue weighted by atomic mass is 79.9. The van der Waals surface area contributed by atoms with Crippen molar-refractivity contribution in [3.63, 3.8) is 0 Å². The van der Waals surface area contributed by atoms with Crippen LogP contribution in [0.4, 0.5) is 5.69 Å². The largest absolute Gasteiger partial charge is 0.457 e. The summed E-state index contributed by atoms with van der Waals surface area (Å²) in [6, 6.07) is 10.6. The first-order chi connectivity index (χ1) is 9.51. The monoisotopic (exact) mass is 335 g/mol. The van der Waals surface area contributed by atoms with Crippen molar-refractivity contribution in [3.05, 3.63) is 63.2 Å². The highest BCUT2D eigenvalue weighted by Gasteiger charge is 2.13. The van der Waals surface area contributed by atoms with Gasteiger partial charge in [-0.15, -0.1) is 0 Å². The molecule has 104 valence electrons. The minimum atomic E-state index is -0.392. The third-order valence-electron chi connectivity index (χ3n) is 3.11. The maximum atomic E-state index is 10.9. The van der Waals surface area contributed by atoms with Crippen LogP contribution in [0, 0.1) is 24.0 Å². The molecule has 0 aliphatic heterocycles. The predicted molar refractivity (Wildman–Crippen MR) is 81.7 cm³/mol. The van der Waals surface area contributed by atoms with E-state index in [1.807, 2.05) is 32.0 Å². The van der Waals surface area contributed by atoms with Crippen molar-refractivity contribution in [1.82, 2.24) is 0 Å². The summed E-state index contributed by atoms with van der Waals surface area (Å²) in [7, 11) is 0. The Morgan fingerprint density at radius 2 is 1.75 bits per heavy atom. The Bertz CT molecular complexity index is 656. The number of nitrogens with zero attached hydrogens (tertiary/aromatic N) is 1. The molecule has 0 radical (unpaired) electrons. The predicted octanol–water partition coefficient (Wildman–Crippen LogP) is 4.90. The average Bonchev–Trinajstić information content (AvgIpc) is 2.42. The molecule has 2 aromatic rings. The number of benzene rings is 2. The van der Waals surface area contributed by atoms with Crippen LogP contribution < -0.4 is 4.74 Å². The highest BCUT2D eigenvalue weighted by Crippen LogP contribution is 2.29. The molecule has 0 saturated carbocycles. The average molecular weight is 336 g/mol. The van der Waals surface area contributed by atoms with Crippen LogP contribution in [0.15, 0.2) is 36.4 Å². The van der Waals surface area contributed by atoms with E-state index < -0.39 is 4.92 Å². The van der Waals surface area contributed by atoms with Crippen LogP contribution in [-0.2, 0) is 5.33 Å². The fourth-order valence-corrected chi connectivity index (χ4v) is 2.27. The van der Waals surface area contributed by atoms with Gasteiger partial charge in [0.15, 0.2) is 0 Å². The number of aryl methyl sites for hydroxylation is 2. The molecule has 0 aromatic heterocycles. The molecule has 2 aromatic carbocycles. The van der Waals surface area contributed by atoms with Crippen molar-refractivity contribution in [3.8, 4) is 11.5 Å². The van der Waals surface area contributed by atoms with Crippen molar-refractivity contribution in [2.75, 3.05) is 0 Å². The summed E-state index contributed by atoms with van der Waals surface area (Å²) in [6.45, 7) is 4.05. The summed E-state index contributed by atoms with van der Waals surface area (Å²) in [5.41, 5.74) is 3.03. The molecule has 0 heterocycles. The standard InChI is InChI=1S/C15H14BrNO3/c1-10-3-4-13(7-11(10)2)20-14-5-6-15(17(18)19)12(8-14)9-16/h3-8H,9H2,1-2H3. The van der Waals surface area contributed by atoms with E-state index in [-0.39, 0.29) is 5.69 Å². The van der Waals surface area contributed by atoms with Crippen LogP contribution in [0.1, 0.15) is 16.7 Å². The van der Waals surface area contributed by atoms with Crippen molar-refractivity contribution in [2.45, 2.75) is 19.2 Å². The lowest BCUT2D eigenvalue weighted by atomic mass is 10.1. The first kappa shape index (κ1) is 14.5. The SMILES string of the molecule is Cc1ccc(Oc2ccc([N+](=O)[O-])c(CBr)c2)cc1C. The first-order valence-electron chi connectivity index (χ1n) is 6.09. The molecule has 2 rings (SSSR count). The molecular formula is C15H14BrNO3. The second kappa shape index (κ2) is 6.05. The fourth-order valence-electron chi connectivity index (χ4n) is 1.82. The summed E-state index contributed by atoms with van der Waals surface area (Å²) in [6.07, 6.45) is 0. The van der Waals surface area contributed by atoms with E-state index in [4.69, 9.17) is 4.74 Å². The van der Waals surface area contributed by atoms with Crippen LogP contribution in [0.5, 0.6) is 11.5 Å². The Morgan fingerprint density at radius 1 is 1.10 bits per heavy atom. The van der Waals surface area contributed by atoms with Gasteiger partial charge >= 0.3 is 0 Å². The van der Waals surface area contributed by atoms with Crippen LogP contribution in [-0.4, -0.2) is 4.92 Å². The van der Waals surface area contributed by atoms with Gasteiger partial charge in [-0.2, -0.15) is 0 Å². The Balaban J connectivity index is 2.29. The summed E-state index contributed by atoms with van der Waals surface area (Å²) < 4.78 is 5.75. The Hall–Kier alpha value is -1.88. The van der Waals surface area contributed by atoms with Gasteiger partial charge in [0.05, 0.1) is 4.92 Å². The second-order valence-corrected chi connectivity index (χ2v) is 5.09. The van der Waals surface area contributed by atoms with Crippen LogP contribution in [0.25, 0.3) is 0 Å². The second-order valence-electron chi connectivity index (χ2n) is 4.53. The van der Waals surface area contributed by atoms with Crippen molar-refractivity contribution < 1.29 is 9.66 Å². The van der Waals surface area contributed by atoms with Gasteiger partial charge in [0.25, 0.3) is 5.69 Å². The fraction of sp³-hybridized carbons (Fsp3) is 0.200. The van der Waals surface area contributed by atoms with Gasteiger partial charge in [0.1, 0.15) is 11.5 Å². The van der Waals surface area contributed by atoms with E-state index >= 15 is 0 Å².